The van der Waals surface area contributed by atoms with Gasteiger partial charge in [0.05, 0.1) is 12.2 Å². The number of quaternary nitrogens is 1. The van der Waals surface area contributed by atoms with E-state index >= 15 is 0 Å². The van der Waals surface area contributed by atoms with Crippen LogP contribution in [0.4, 0.5) is 5.69 Å². The summed E-state index contributed by atoms with van der Waals surface area (Å²) in [5.74, 6) is -0.0657. The van der Waals surface area contributed by atoms with Gasteiger partial charge < -0.3 is 9.80 Å². The Balaban J connectivity index is 1.54. The number of carbonyl (C=O) groups excluding carboxylic acids is 1. The third-order valence-electron chi connectivity index (χ3n) is 5.06. The molecule has 4 nitrogen and oxygen atoms in total. The lowest BCUT2D eigenvalue weighted by Gasteiger charge is -2.25. The molecule has 0 radical (unpaired) electrons. The Morgan fingerprint density at radius 1 is 1.19 bits per heavy atom. The zero-order valence-electron chi connectivity index (χ0n) is 14.7. The molecule has 5 heteroatoms. The first-order valence-electron chi connectivity index (χ1n) is 8.76. The second-order valence-electron chi connectivity index (χ2n) is 6.72. The number of benzene rings is 2. The topological polar surface area (TPSA) is 48.5 Å². The van der Waals surface area contributed by atoms with E-state index in [0.29, 0.717) is 6.54 Å². The number of hydrogen-bond donors (Lipinski definition) is 1. The highest BCUT2D eigenvalue weighted by molar-refractivity contribution is 8.03. The van der Waals surface area contributed by atoms with E-state index in [1.54, 1.807) is 0 Å². The van der Waals surface area contributed by atoms with Crippen LogP contribution in [0.15, 0.2) is 64.0 Å². The molecule has 1 unspecified atom stereocenters. The lowest BCUT2D eigenvalue weighted by atomic mass is 9.99. The third kappa shape index (κ3) is 3.03. The van der Waals surface area contributed by atoms with Gasteiger partial charge in [-0.2, -0.15) is 5.26 Å². The molecule has 26 heavy (non-hydrogen) atoms. The van der Waals surface area contributed by atoms with Crippen molar-refractivity contribution >= 4 is 23.2 Å². The first kappa shape index (κ1) is 16.9. The first-order chi connectivity index (χ1) is 12.7. The number of carbonyl (C=O) groups is 1. The van der Waals surface area contributed by atoms with Crippen molar-refractivity contribution < 1.29 is 9.69 Å². The van der Waals surface area contributed by atoms with E-state index in [1.807, 2.05) is 42.3 Å². The van der Waals surface area contributed by atoms with Crippen LogP contribution in [0.2, 0.25) is 0 Å². The van der Waals surface area contributed by atoms with E-state index < -0.39 is 0 Å². The van der Waals surface area contributed by atoms with Crippen molar-refractivity contribution in [1.82, 2.24) is 0 Å². The number of ketones is 1. The van der Waals surface area contributed by atoms with Crippen LogP contribution >= 0.6 is 11.8 Å². The highest BCUT2D eigenvalue weighted by Gasteiger charge is 2.30. The van der Waals surface area contributed by atoms with Gasteiger partial charge in [-0.15, -0.1) is 0 Å². The van der Waals surface area contributed by atoms with Gasteiger partial charge in [-0.25, -0.2) is 0 Å². The molecule has 2 aromatic rings. The molecule has 1 N–H and O–H groups in total. The number of Topliss-reactive ketones (excluding diaryl/α,β-unsaturated/α-hetero) is 1. The van der Waals surface area contributed by atoms with Gasteiger partial charge in [-0.05, 0) is 17.7 Å². The Morgan fingerprint density at radius 3 is 2.69 bits per heavy atom. The Bertz CT molecular complexity index is 944. The number of para-hydroxylation sites is 1. The van der Waals surface area contributed by atoms with Crippen molar-refractivity contribution in [3.8, 4) is 6.07 Å². The van der Waals surface area contributed by atoms with Crippen LogP contribution < -0.4 is 9.80 Å². The zero-order valence-corrected chi connectivity index (χ0v) is 15.5. The van der Waals surface area contributed by atoms with E-state index in [4.69, 9.17) is 0 Å². The molecule has 130 valence electrons. The van der Waals surface area contributed by atoms with Crippen molar-refractivity contribution in [2.75, 3.05) is 25.0 Å². The van der Waals surface area contributed by atoms with Crippen molar-refractivity contribution in [1.29, 1.82) is 5.26 Å². The minimum Gasteiger partial charge on any atom is -0.337 e. The third-order valence-corrected chi connectivity index (χ3v) is 6.30. The summed E-state index contributed by atoms with van der Waals surface area (Å²) in [6.45, 7) is 2.14. The monoisotopic (exact) mass is 362 g/mol. The van der Waals surface area contributed by atoms with E-state index in [9.17, 15) is 10.1 Å². The van der Waals surface area contributed by atoms with E-state index in [-0.39, 0.29) is 11.4 Å². The molecule has 4 rings (SSSR count). The first-order valence-corrected chi connectivity index (χ1v) is 9.57. The molecule has 2 aromatic carbocycles. The van der Waals surface area contributed by atoms with Crippen molar-refractivity contribution in [3.05, 3.63) is 70.3 Å². The number of nitrogens with one attached hydrogen (secondary N) is 1. The molecule has 0 fully saturated rings. The van der Waals surface area contributed by atoms with E-state index in [2.05, 4.69) is 24.3 Å². The van der Waals surface area contributed by atoms with Gasteiger partial charge in [-0.1, -0.05) is 48.2 Å². The highest BCUT2D eigenvalue weighted by atomic mass is 32.2. The average molecular weight is 362 g/mol. The summed E-state index contributed by atoms with van der Waals surface area (Å²) in [5, 5.41) is 10.4. The largest absolute Gasteiger partial charge is 0.337 e. The number of nitrogens with zero attached hydrogens (tertiary/aromatic N) is 2. The van der Waals surface area contributed by atoms with Crippen LogP contribution in [0.1, 0.15) is 11.1 Å². The van der Waals surface area contributed by atoms with Crippen molar-refractivity contribution in [3.63, 3.8) is 0 Å². The number of hydrogen-bond acceptors (Lipinski definition) is 4. The molecule has 0 aliphatic carbocycles. The second kappa shape index (κ2) is 6.99. The molecular formula is C21H20N3OS+. The molecule has 2 aliphatic rings. The number of thioether (sulfide) groups is 1. The molecule has 1 atom stereocenters. The molecule has 0 aromatic heterocycles. The predicted octanol–water partition coefficient (Wildman–Crippen LogP) is 2.17. The van der Waals surface area contributed by atoms with Crippen LogP contribution in [-0.2, 0) is 17.8 Å². The second-order valence-corrected chi connectivity index (χ2v) is 7.75. The fourth-order valence-electron chi connectivity index (χ4n) is 3.66. The Labute approximate surface area is 157 Å². The molecule has 0 saturated heterocycles. The van der Waals surface area contributed by atoms with Crippen LogP contribution in [0.25, 0.3) is 0 Å². The molecule has 2 aliphatic heterocycles. The maximum atomic E-state index is 12.9. The summed E-state index contributed by atoms with van der Waals surface area (Å²) in [4.78, 5) is 17.2. The van der Waals surface area contributed by atoms with Crippen LogP contribution in [-0.4, -0.2) is 25.9 Å². The maximum Gasteiger partial charge on any atom is 0.230 e. The summed E-state index contributed by atoms with van der Waals surface area (Å²) in [5.41, 5.74) is 4.02. The van der Waals surface area contributed by atoms with Gasteiger partial charge in [0.1, 0.15) is 29.8 Å². The van der Waals surface area contributed by atoms with Gasteiger partial charge in [0, 0.05) is 23.9 Å². The summed E-state index contributed by atoms with van der Waals surface area (Å²) < 4.78 is 0. The number of anilines is 1. The maximum absolute atomic E-state index is 12.9. The van der Waals surface area contributed by atoms with Gasteiger partial charge in [0.15, 0.2) is 0 Å². The van der Waals surface area contributed by atoms with Gasteiger partial charge in [-0.3, -0.25) is 4.79 Å². The van der Waals surface area contributed by atoms with Crippen LogP contribution in [0.3, 0.4) is 0 Å². The Morgan fingerprint density at radius 2 is 1.92 bits per heavy atom. The fraction of sp³-hybridized carbons (Fsp3) is 0.238. The lowest BCUT2D eigenvalue weighted by molar-refractivity contribution is -0.907. The summed E-state index contributed by atoms with van der Waals surface area (Å²) in [6, 6.07) is 18.6. The number of nitriles is 1. The Hall–Kier alpha value is -2.55. The Kier molecular flexibility index (Phi) is 4.54. The van der Waals surface area contributed by atoms with E-state index in [0.717, 1.165) is 35.1 Å². The molecule has 0 bridgehead atoms. The summed E-state index contributed by atoms with van der Waals surface area (Å²) in [7, 11) is 1.92. The minimum atomic E-state index is -0.0657. The summed E-state index contributed by atoms with van der Waals surface area (Å²) >= 11 is 1.51. The molecule has 0 saturated carbocycles. The van der Waals surface area contributed by atoms with Gasteiger partial charge in [0.2, 0.25) is 5.78 Å². The molecule has 2 heterocycles. The smallest absolute Gasteiger partial charge is 0.230 e. The van der Waals surface area contributed by atoms with Gasteiger partial charge in [0.25, 0.3) is 0 Å². The standard InChI is InChI=1S/C21H19N3OS/c1-23-18-8-4-5-9-20(18)26-21(23)17(12-22)19(25)14-24-11-10-15-6-2-3-7-16(15)13-24/h2-9H,10-11,13-14H2,1H3/p+1/b21-17-. The average Bonchev–Trinajstić information content (AvgIpc) is 2.99. The van der Waals surface area contributed by atoms with Crippen LogP contribution in [0, 0.1) is 11.3 Å². The van der Waals surface area contributed by atoms with Crippen molar-refractivity contribution in [2.45, 2.75) is 17.9 Å². The lowest BCUT2D eigenvalue weighted by Crippen LogP contribution is -3.12. The van der Waals surface area contributed by atoms with Crippen molar-refractivity contribution in [2.24, 2.45) is 0 Å². The zero-order chi connectivity index (χ0) is 18.1. The van der Waals surface area contributed by atoms with E-state index in [1.165, 1.54) is 27.8 Å². The SMILES string of the molecule is CN1/C(=C(\C#N)C(=O)C[NH+]2CCc3ccccc3C2)Sc2ccccc21. The fourth-order valence-corrected chi connectivity index (χ4v) is 4.82. The number of rotatable bonds is 3. The molecule has 0 amide bonds. The quantitative estimate of drug-likeness (QED) is 0.672. The molecular weight excluding hydrogens is 342 g/mol. The highest BCUT2D eigenvalue weighted by Crippen LogP contribution is 2.45. The minimum absolute atomic E-state index is 0.0657. The number of fused-ring (bicyclic) bond motifs is 2. The predicted molar refractivity (Wildman–Crippen MR) is 103 cm³/mol. The normalized spacial score (nSPS) is 20.2. The van der Waals surface area contributed by atoms with Gasteiger partial charge >= 0.3 is 0 Å². The summed E-state index contributed by atoms with van der Waals surface area (Å²) in [6.07, 6.45) is 0.983. The molecule has 0 spiro atoms. The van der Waals surface area contributed by atoms with Crippen LogP contribution in [0.5, 0.6) is 0 Å².